The average molecular weight is 524 g/mol. The monoisotopic (exact) mass is 523 g/mol. The van der Waals surface area contributed by atoms with Gasteiger partial charge in [-0.05, 0) is 71.4 Å². The van der Waals surface area contributed by atoms with Crippen molar-refractivity contribution >= 4 is 32.9 Å². The fourth-order valence-corrected chi connectivity index (χ4v) is 4.97. The van der Waals surface area contributed by atoms with E-state index in [-0.39, 0.29) is 11.8 Å². The minimum Gasteiger partial charge on any atom is -0.383 e. The maximum atomic E-state index is 12.4. The smallest absolute Gasteiger partial charge is 0.223 e. The molecule has 0 unspecified atom stereocenters. The maximum absolute atomic E-state index is 12.4. The van der Waals surface area contributed by atoms with Crippen LogP contribution in [-0.2, 0) is 16.0 Å². The molecule has 1 saturated carbocycles. The van der Waals surface area contributed by atoms with Crippen molar-refractivity contribution in [1.82, 2.24) is 34.8 Å². The van der Waals surface area contributed by atoms with Gasteiger partial charge in [0.05, 0.1) is 23.4 Å². The number of carbonyl (C=O) groups is 1. The number of nitrogens with zero attached hydrogens (tertiary/aromatic N) is 6. The minimum absolute atomic E-state index is 0.0542. The highest BCUT2D eigenvalue weighted by Gasteiger charge is 2.30. The fourth-order valence-electron chi connectivity index (χ4n) is 4.53. The quantitative estimate of drug-likeness (QED) is 0.355. The number of hydrogen-bond donors (Lipinski definition) is 1. The van der Waals surface area contributed by atoms with Crippen LogP contribution in [0.4, 0.5) is 0 Å². The topological polar surface area (TPSA) is 99.8 Å². The molecule has 2 atom stereocenters. The molecule has 0 radical (unpaired) electrons. The van der Waals surface area contributed by atoms with Gasteiger partial charge in [0.25, 0.3) is 0 Å². The Morgan fingerprint density at radius 1 is 1.24 bits per heavy atom. The Hall–Kier alpha value is -3.11. The van der Waals surface area contributed by atoms with Crippen molar-refractivity contribution in [3.05, 3.63) is 59.3 Å². The minimum atomic E-state index is 0.0542. The van der Waals surface area contributed by atoms with Crippen LogP contribution in [0.3, 0.4) is 0 Å². The molecule has 5 rings (SSSR count). The predicted octanol–water partition coefficient (Wildman–Crippen LogP) is 3.49. The van der Waals surface area contributed by atoms with Crippen molar-refractivity contribution in [2.45, 2.75) is 25.7 Å². The molecule has 0 bridgehead atoms. The predicted molar refractivity (Wildman–Crippen MR) is 131 cm³/mol. The lowest BCUT2D eigenvalue weighted by Crippen LogP contribution is -2.32. The zero-order valence-corrected chi connectivity index (χ0v) is 20.5. The molecule has 34 heavy (non-hydrogen) atoms. The third-order valence-electron chi connectivity index (χ3n) is 6.28. The van der Waals surface area contributed by atoms with E-state index < -0.39 is 0 Å². The van der Waals surface area contributed by atoms with Gasteiger partial charge in [0.1, 0.15) is 10.4 Å². The van der Waals surface area contributed by atoms with Gasteiger partial charge < -0.3 is 10.1 Å². The van der Waals surface area contributed by atoms with Crippen LogP contribution in [-0.4, -0.2) is 55.7 Å². The van der Waals surface area contributed by atoms with Crippen LogP contribution in [0.5, 0.6) is 0 Å². The van der Waals surface area contributed by atoms with Crippen LogP contribution in [0, 0.1) is 11.8 Å². The fraction of sp³-hybridized carbons (Fsp3) is 0.375. The highest BCUT2D eigenvalue weighted by molar-refractivity contribution is 9.10. The van der Waals surface area contributed by atoms with E-state index >= 15 is 0 Å². The summed E-state index contributed by atoms with van der Waals surface area (Å²) in [5, 5.41) is 12.7. The number of methoxy groups -OCH3 is 1. The number of halogens is 1. The first-order valence-corrected chi connectivity index (χ1v) is 12.2. The van der Waals surface area contributed by atoms with E-state index in [0.717, 1.165) is 53.9 Å². The molecular formula is C24H26BrN7O2. The lowest BCUT2D eigenvalue weighted by molar-refractivity contribution is -0.125. The Bertz CT molecular complexity index is 1270. The molecule has 1 aliphatic rings. The van der Waals surface area contributed by atoms with Crippen LogP contribution < -0.4 is 5.32 Å². The third-order valence-corrected chi connectivity index (χ3v) is 6.87. The van der Waals surface area contributed by atoms with Gasteiger partial charge in [-0.3, -0.25) is 4.79 Å². The normalized spacial score (nSPS) is 17.9. The highest BCUT2D eigenvalue weighted by Crippen LogP contribution is 2.33. The Labute approximate surface area is 205 Å². The molecule has 0 aliphatic heterocycles. The molecule has 176 valence electrons. The summed E-state index contributed by atoms with van der Waals surface area (Å²) in [6, 6.07) is 9.90. The highest BCUT2D eigenvalue weighted by atomic mass is 79.9. The summed E-state index contributed by atoms with van der Waals surface area (Å²) < 4.78 is 9.36. The molecule has 3 aromatic heterocycles. The SMILES string of the molecule is COCCNC(=O)[C@@H]1CC[C@@H](Cc2ncc3c(Br)nn(-c4ccc(-n5cccn5)cc4)c3n2)C1. The summed E-state index contributed by atoms with van der Waals surface area (Å²) in [5.74, 6) is 1.35. The van der Waals surface area contributed by atoms with E-state index in [2.05, 4.69) is 36.4 Å². The first-order valence-electron chi connectivity index (χ1n) is 11.4. The first kappa shape index (κ1) is 22.7. The van der Waals surface area contributed by atoms with Crippen molar-refractivity contribution in [2.75, 3.05) is 20.3 Å². The van der Waals surface area contributed by atoms with E-state index in [4.69, 9.17) is 9.72 Å². The van der Waals surface area contributed by atoms with Crippen molar-refractivity contribution in [3.8, 4) is 11.4 Å². The maximum Gasteiger partial charge on any atom is 0.223 e. The molecule has 1 aromatic carbocycles. The van der Waals surface area contributed by atoms with E-state index in [1.54, 1.807) is 13.3 Å². The molecule has 1 amide bonds. The van der Waals surface area contributed by atoms with Crippen LogP contribution in [0.1, 0.15) is 25.1 Å². The molecule has 3 heterocycles. The Kier molecular flexibility index (Phi) is 6.68. The Balaban J connectivity index is 1.32. The van der Waals surface area contributed by atoms with Gasteiger partial charge in [0, 0.05) is 44.6 Å². The van der Waals surface area contributed by atoms with Crippen LogP contribution in [0.25, 0.3) is 22.4 Å². The summed E-state index contributed by atoms with van der Waals surface area (Å²) in [7, 11) is 1.63. The Morgan fingerprint density at radius 3 is 2.82 bits per heavy atom. The Morgan fingerprint density at radius 2 is 2.06 bits per heavy atom. The van der Waals surface area contributed by atoms with Crippen molar-refractivity contribution in [3.63, 3.8) is 0 Å². The summed E-state index contributed by atoms with van der Waals surface area (Å²) in [4.78, 5) is 21.8. The molecule has 9 nitrogen and oxygen atoms in total. The molecule has 4 aromatic rings. The van der Waals surface area contributed by atoms with Gasteiger partial charge in [-0.15, -0.1) is 0 Å². The van der Waals surface area contributed by atoms with E-state index in [9.17, 15) is 4.79 Å². The molecule has 1 fully saturated rings. The standard InChI is InChI=1S/C24H26BrN7O2/c1-34-12-10-26-24(33)17-4-3-16(13-17)14-21-27-15-20-22(25)30-32(23(20)29-21)19-7-5-18(6-8-19)31-11-2-9-28-31/h2,5-9,11,15-17H,3-4,10,12-14H2,1H3,(H,26,33)/t16-,17-/m1/s1. The van der Waals surface area contributed by atoms with Gasteiger partial charge in [-0.1, -0.05) is 0 Å². The van der Waals surface area contributed by atoms with Crippen molar-refractivity contribution in [2.24, 2.45) is 11.8 Å². The molecule has 1 aliphatic carbocycles. The van der Waals surface area contributed by atoms with E-state index in [1.165, 1.54) is 0 Å². The number of amides is 1. The number of hydrogen-bond acceptors (Lipinski definition) is 6. The largest absolute Gasteiger partial charge is 0.383 e. The van der Waals surface area contributed by atoms with Gasteiger partial charge in [-0.2, -0.15) is 10.2 Å². The lowest BCUT2D eigenvalue weighted by atomic mass is 10.0. The first-order chi connectivity index (χ1) is 16.6. The molecule has 0 spiro atoms. The zero-order chi connectivity index (χ0) is 23.5. The van der Waals surface area contributed by atoms with Crippen LogP contribution in [0.15, 0.2) is 53.5 Å². The van der Waals surface area contributed by atoms with E-state index in [0.29, 0.717) is 23.7 Å². The van der Waals surface area contributed by atoms with Crippen molar-refractivity contribution < 1.29 is 9.53 Å². The number of aromatic nitrogens is 6. The summed E-state index contributed by atoms with van der Waals surface area (Å²) >= 11 is 3.54. The second kappa shape index (κ2) is 10.0. The third kappa shape index (κ3) is 4.74. The second-order valence-corrected chi connectivity index (χ2v) is 9.31. The van der Waals surface area contributed by atoms with E-state index in [1.807, 2.05) is 52.1 Å². The van der Waals surface area contributed by atoms with Gasteiger partial charge in [0.15, 0.2) is 5.65 Å². The van der Waals surface area contributed by atoms with Crippen LogP contribution >= 0.6 is 15.9 Å². The van der Waals surface area contributed by atoms with Gasteiger partial charge in [-0.25, -0.2) is 19.3 Å². The summed E-state index contributed by atoms with van der Waals surface area (Å²) in [6.45, 7) is 1.09. The number of benzene rings is 1. The lowest BCUT2D eigenvalue weighted by Gasteiger charge is -2.12. The average Bonchev–Trinajstić information content (AvgIpc) is 3.61. The number of fused-ring (bicyclic) bond motifs is 1. The molecular weight excluding hydrogens is 498 g/mol. The summed E-state index contributed by atoms with van der Waals surface area (Å²) in [6.07, 6.45) is 9.00. The van der Waals surface area contributed by atoms with Gasteiger partial charge >= 0.3 is 0 Å². The molecule has 0 saturated heterocycles. The van der Waals surface area contributed by atoms with Gasteiger partial charge in [0.2, 0.25) is 5.91 Å². The molecule has 1 N–H and O–H groups in total. The second-order valence-electron chi connectivity index (χ2n) is 8.56. The number of carbonyl (C=O) groups excluding carboxylic acids is 1. The van der Waals surface area contributed by atoms with Crippen LogP contribution in [0.2, 0.25) is 0 Å². The van der Waals surface area contributed by atoms with Crippen molar-refractivity contribution in [1.29, 1.82) is 0 Å². The molecule has 10 heteroatoms. The summed E-state index contributed by atoms with van der Waals surface area (Å²) in [5.41, 5.74) is 2.64. The number of rotatable bonds is 8. The number of ether oxygens (including phenoxy) is 1. The zero-order valence-electron chi connectivity index (χ0n) is 18.9. The number of nitrogens with one attached hydrogen (secondary N) is 1.